The average molecular weight is 307 g/mol. The minimum atomic E-state index is -0.0555. The third kappa shape index (κ3) is 4.18. The van der Waals surface area contributed by atoms with Crippen LogP contribution in [0.3, 0.4) is 0 Å². The van der Waals surface area contributed by atoms with Gasteiger partial charge in [-0.1, -0.05) is 35.9 Å². The van der Waals surface area contributed by atoms with Crippen molar-refractivity contribution < 1.29 is 4.79 Å². The highest BCUT2D eigenvalue weighted by Gasteiger charge is 2.06. The Labute approximate surface area is 127 Å². The second-order valence-corrected chi connectivity index (χ2v) is 5.71. The summed E-state index contributed by atoms with van der Waals surface area (Å²) in [5, 5.41) is 3.34. The first-order chi connectivity index (χ1) is 9.66. The molecule has 20 heavy (non-hydrogen) atoms. The second kappa shape index (κ2) is 7.22. The Hall–Kier alpha value is -1.65. The van der Waals surface area contributed by atoms with Crippen LogP contribution in [-0.4, -0.2) is 11.7 Å². The molecular formula is C15H15ClN2OS. The first kappa shape index (κ1) is 14.8. The van der Waals surface area contributed by atoms with E-state index in [1.165, 1.54) is 0 Å². The summed E-state index contributed by atoms with van der Waals surface area (Å²) in [6, 6.07) is 14.8. The molecule has 104 valence electrons. The summed E-state index contributed by atoms with van der Waals surface area (Å²) < 4.78 is 0. The molecule has 3 nitrogen and oxygen atoms in total. The molecule has 0 fully saturated rings. The van der Waals surface area contributed by atoms with Crippen molar-refractivity contribution in [3.63, 3.8) is 0 Å². The van der Waals surface area contributed by atoms with Gasteiger partial charge >= 0.3 is 0 Å². The molecule has 0 aliphatic rings. The fourth-order valence-corrected chi connectivity index (χ4v) is 2.74. The number of para-hydroxylation sites is 2. The maximum atomic E-state index is 11.8. The Morgan fingerprint density at radius 1 is 1.15 bits per heavy atom. The summed E-state index contributed by atoms with van der Waals surface area (Å²) in [5.74, 6) is 0.616. The highest BCUT2D eigenvalue weighted by molar-refractivity contribution is 7.99. The number of thioether (sulfide) groups is 1. The van der Waals surface area contributed by atoms with Crippen LogP contribution in [0.5, 0.6) is 0 Å². The van der Waals surface area contributed by atoms with E-state index in [0.717, 1.165) is 10.6 Å². The molecule has 0 atom stereocenters. The van der Waals surface area contributed by atoms with Gasteiger partial charge in [-0.05, 0) is 24.3 Å². The zero-order chi connectivity index (χ0) is 14.4. The van der Waals surface area contributed by atoms with E-state index in [0.29, 0.717) is 22.9 Å². The van der Waals surface area contributed by atoms with Crippen LogP contribution in [0.25, 0.3) is 0 Å². The summed E-state index contributed by atoms with van der Waals surface area (Å²) in [5.41, 5.74) is 7.22. The molecule has 0 spiro atoms. The van der Waals surface area contributed by atoms with Crippen LogP contribution >= 0.6 is 23.4 Å². The molecule has 5 heteroatoms. The van der Waals surface area contributed by atoms with Crippen LogP contribution in [0, 0.1) is 0 Å². The zero-order valence-corrected chi connectivity index (χ0v) is 12.4. The average Bonchev–Trinajstić information content (AvgIpc) is 2.43. The summed E-state index contributed by atoms with van der Waals surface area (Å²) in [6.45, 7) is 0. The van der Waals surface area contributed by atoms with Gasteiger partial charge in [-0.2, -0.15) is 0 Å². The minimum Gasteiger partial charge on any atom is -0.398 e. The standard InChI is InChI=1S/C15H15ClN2OS/c16-11-5-1-3-7-13(11)18-15(19)9-10-20-14-8-4-2-6-12(14)17/h1-8H,9-10,17H2,(H,18,19). The number of hydrogen-bond donors (Lipinski definition) is 2. The number of nitrogens with one attached hydrogen (secondary N) is 1. The normalized spacial score (nSPS) is 10.2. The minimum absolute atomic E-state index is 0.0555. The number of anilines is 2. The summed E-state index contributed by atoms with van der Waals surface area (Å²) in [7, 11) is 0. The van der Waals surface area contributed by atoms with Crippen molar-refractivity contribution in [2.45, 2.75) is 11.3 Å². The molecule has 2 aromatic carbocycles. The van der Waals surface area contributed by atoms with Crippen molar-refractivity contribution in [3.05, 3.63) is 53.6 Å². The van der Waals surface area contributed by atoms with Crippen LogP contribution < -0.4 is 11.1 Å². The molecule has 2 aromatic rings. The van der Waals surface area contributed by atoms with Crippen LogP contribution in [0.2, 0.25) is 5.02 Å². The van der Waals surface area contributed by atoms with Gasteiger partial charge in [0, 0.05) is 22.8 Å². The lowest BCUT2D eigenvalue weighted by Gasteiger charge is -2.07. The highest BCUT2D eigenvalue weighted by atomic mass is 35.5. The Morgan fingerprint density at radius 3 is 2.60 bits per heavy atom. The topological polar surface area (TPSA) is 55.1 Å². The summed E-state index contributed by atoms with van der Waals surface area (Å²) >= 11 is 7.55. The van der Waals surface area contributed by atoms with E-state index in [4.69, 9.17) is 17.3 Å². The van der Waals surface area contributed by atoms with E-state index in [-0.39, 0.29) is 5.91 Å². The molecule has 0 heterocycles. The van der Waals surface area contributed by atoms with Gasteiger partial charge in [-0.25, -0.2) is 0 Å². The lowest BCUT2D eigenvalue weighted by Crippen LogP contribution is -2.12. The SMILES string of the molecule is Nc1ccccc1SCCC(=O)Nc1ccccc1Cl. The zero-order valence-electron chi connectivity index (χ0n) is 10.8. The third-order valence-corrected chi connectivity index (χ3v) is 4.07. The monoisotopic (exact) mass is 306 g/mol. The van der Waals surface area contributed by atoms with E-state index in [2.05, 4.69) is 5.32 Å². The Kier molecular flexibility index (Phi) is 5.32. The van der Waals surface area contributed by atoms with Gasteiger partial charge in [-0.15, -0.1) is 11.8 Å². The molecule has 0 radical (unpaired) electrons. The molecule has 0 unspecified atom stereocenters. The predicted octanol–water partition coefficient (Wildman–Crippen LogP) is 4.04. The smallest absolute Gasteiger partial charge is 0.225 e. The molecule has 0 aliphatic carbocycles. The fourth-order valence-electron chi connectivity index (χ4n) is 1.64. The van der Waals surface area contributed by atoms with E-state index in [1.54, 1.807) is 23.9 Å². The van der Waals surface area contributed by atoms with Gasteiger partial charge in [0.25, 0.3) is 0 Å². The van der Waals surface area contributed by atoms with Crippen molar-refractivity contribution in [3.8, 4) is 0 Å². The lowest BCUT2D eigenvalue weighted by atomic mass is 10.3. The largest absolute Gasteiger partial charge is 0.398 e. The van der Waals surface area contributed by atoms with Gasteiger partial charge in [0.1, 0.15) is 0 Å². The third-order valence-electron chi connectivity index (χ3n) is 2.65. The molecule has 3 N–H and O–H groups in total. The number of carbonyl (C=O) groups is 1. The summed E-state index contributed by atoms with van der Waals surface area (Å²) in [4.78, 5) is 12.8. The highest BCUT2D eigenvalue weighted by Crippen LogP contribution is 2.25. The van der Waals surface area contributed by atoms with Crippen LogP contribution in [0.1, 0.15) is 6.42 Å². The van der Waals surface area contributed by atoms with Crippen molar-refractivity contribution in [1.29, 1.82) is 0 Å². The number of nitrogens with two attached hydrogens (primary N) is 1. The number of benzene rings is 2. The van der Waals surface area contributed by atoms with Crippen LogP contribution in [-0.2, 0) is 4.79 Å². The van der Waals surface area contributed by atoms with Gasteiger partial charge in [-0.3, -0.25) is 4.79 Å². The molecule has 0 saturated carbocycles. The molecular weight excluding hydrogens is 292 g/mol. The van der Waals surface area contributed by atoms with E-state index in [9.17, 15) is 4.79 Å². The van der Waals surface area contributed by atoms with E-state index < -0.39 is 0 Å². The number of nitrogen functional groups attached to an aromatic ring is 1. The Balaban J connectivity index is 1.82. The van der Waals surface area contributed by atoms with Crippen LogP contribution in [0.15, 0.2) is 53.4 Å². The molecule has 0 bridgehead atoms. The van der Waals surface area contributed by atoms with E-state index >= 15 is 0 Å². The van der Waals surface area contributed by atoms with Gasteiger partial charge < -0.3 is 11.1 Å². The number of rotatable bonds is 5. The quantitative estimate of drug-likeness (QED) is 0.647. The number of carbonyl (C=O) groups excluding carboxylic acids is 1. The van der Waals surface area contributed by atoms with Gasteiger partial charge in [0.05, 0.1) is 10.7 Å². The van der Waals surface area contributed by atoms with E-state index in [1.807, 2.05) is 36.4 Å². The molecule has 2 rings (SSSR count). The first-order valence-electron chi connectivity index (χ1n) is 6.18. The molecule has 0 aliphatic heterocycles. The molecule has 0 saturated heterocycles. The number of amides is 1. The van der Waals surface area contributed by atoms with Gasteiger partial charge in [0.2, 0.25) is 5.91 Å². The maximum absolute atomic E-state index is 11.8. The fraction of sp³-hybridized carbons (Fsp3) is 0.133. The Morgan fingerprint density at radius 2 is 1.85 bits per heavy atom. The van der Waals surface area contributed by atoms with Gasteiger partial charge in [0.15, 0.2) is 0 Å². The molecule has 0 aromatic heterocycles. The predicted molar refractivity (Wildman–Crippen MR) is 86.3 cm³/mol. The second-order valence-electron chi connectivity index (χ2n) is 4.16. The molecule has 1 amide bonds. The van der Waals surface area contributed by atoms with Crippen molar-refractivity contribution in [2.75, 3.05) is 16.8 Å². The van der Waals surface area contributed by atoms with Crippen molar-refractivity contribution in [1.82, 2.24) is 0 Å². The maximum Gasteiger partial charge on any atom is 0.225 e. The van der Waals surface area contributed by atoms with Crippen LogP contribution in [0.4, 0.5) is 11.4 Å². The number of hydrogen-bond acceptors (Lipinski definition) is 3. The first-order valence-corrected chi connectivity index (χ1v) is 7.55. The van der Waals surface area contributed by atoms with Crippen molar-refractivity contribution >= 4 is 40.6 Å². The number of halogens is 1. The summed E-state index contributed by atoms with van der Waals surface area (Å²) in [6.07, 6.45) is 0.407. The Bertz CT molecular complexity index is 604. The van der Waals surface area contributed by atoms with Crippen molar-refractivity contribution in [2.24, 2.45) is 0 Å². The lowest BCUT2D eigenvalue weighted by molar-refractivity contribution is -0.115.